The number of carbonyl (C=O) groups excluding carboxylic acids is 1. The highest BCUT2D eigenvalue weighted by Gasteiger charge is 2.19. The van der Waals surface area contributed by atoms with Gasteiger partial charge in [-0.2, -0.15) is 0 Å². The second-order valence-electron chi connectivity index (χ2n) is 9.16. The summed E-state index contributed by atoms with van der Waals surface area (Å²) in [5, 5.41) is 13.7. The molecule has 5 rings (SSSR count). The fourth-order valence-corrected chi connectivity index (χ4v) is 4.78. The molecule has 5 nitrogen and oxygen atoms in total. The maximum atomic E-state index is 13.7. The van der Waals surface area contributed by atoms with Crippen LogP contribution in [0.1, 0.15) is 44.8 Å². The van der Waals surface area contributed by atoms with Crippen LogP contribution in [0, 0.1) is 5.82 Å². The minimum absolute atomic E-state index is 0.180. The van der Waals surface area contributed by atoms with E-state index in [2.05, 4.69) is 5.32 Å². The number of benzene rings is 4. The maximum Gasteiger partial charge on any atom is 0.335 e. The summed E-state index contributed by atoms with van der Waals surface area (Å²) in [5.41, 5.74) is 4.78. The molecule has 0 radical (unpaired) electrons. The van der Waals surface area contributed by atoms with Gasteiger partial charge in [-0.25, -0.2) is 9.18 Å². The topological polar surface area (TPSA) is 71.3 Å². The number of aromatic carboxylic acids is 1. The van der Waals surface area contributed by atoms with Crippen molar-refractivity contribution >= 4 is 34.4 Å². The van der Waals surface area contributed by atoms with Crippen molar-refractivity contribution in [2.24, 2.45) is 0 Å². The second-order valence-corrected chi connectivity index (χ2v) is 9.60. The van der Waals surface area contributed by atoms with Gasteiger partial charge in [-0.05, 0) is 83.8 Å². The molecule has 190 valence electrons. The molecule has 0 aliphatic heterocycles. The molecule has 38 heavy (non-hydrogen) atoms. The van der Waals surface area contributed by atoms with Gasteiger partial charge in [0, 0.05) is 23.2 Å². The molecule has 5 aromatic rings. The lowest BCUT2D eigenvalue weighted by molar-refractivity contribution is 0.0696. The van der Waals surface area contributed by atoms with E-state index < -0.39 is 5.97 Å². The lowest BCUT2D eigenvalue weighted by Crippen LogP contribution is -2.27. The average molecular weight is 527 g/mol. The van der Waals surface area contributed by atoms with E-state index in [-0.39, 0.29) is 23.3 Å². The largest absolute Gasteiger partial charge is 0.478 e. The van der Waals surface area contributed by atoms with Crippen LogP contribution < -0.4 is 5.32 Å². The zero-order valence-corrected chi connectivity index (χ0v) is 21.2. The van der Waals surface area contributed by atoms with E-state index in [0.29, 0.717) is 17.1 Å². The van der Waals surface area contributed by atoms with E-state index >= 15 is 0 Å². The van der Waals surface area contributed by atoms with Gasteiger partial charge in [-0.15, -0.1) is 0 Å². The molecule has 4 aromatic carbocycles. The van der Waals surface area contributed by atoms with Crippen LogP contribution in [0.15, 0.2) is 97.2 Å². The van der Waals surface area contributed by atoms with Crippen LogP contribution in [0.2, 0.25) is 5.02 Å². The Labute approximate surface area is 224 Å². The first-order valence-electron chi connectivity index (χ1n) is 12.1. The highest BCUT2D eigenvalue weighted by atomic mass is 35.5. The quantitative estimate of drug-likeness (QED) is 0.233. The van der Waals surface area contributed by atoms with Gasteiger partial charge in [0.15, 0.2) is 0 Å². The van der Waals surface area contributed by atoms with Gasteiger partial charge in [0.1, 0.15) is 5.82 Å². The van der Waals surface area contributed by atoms with Crippen LogP contribution in [0.5, 0.6) is 0 Å². The van der Waals surface area contributed by atoms with Gasteiger partial charge in [0.05, 0.1) is 22.7 Å². The van der Waals surface area contributed by atoms with Gasteiger partial charge in [0.25, 0.3) is 5.91 Å². The monoisotopic (exact) mass is 526 g/mol. The third-order valence-corrected chi connectivity index (χ3v) is 6.77. The zero-order chi connectivity index (χ0) is 26.8. The predicted octanol–water partition coefficient (Wildman–Crippen LogP) is 7.34. The van der Waals surface area contributed by atoms with Crippen molar-refractivity contribution in [3.8, 4) is 11.1 Å². The number of hydrogen-bond donors (Lipinski definition) is 2. The molecule has 1 atom stereocenters. The molecule has 7 heteroatoms. The molecule has 0 aliphatic rings. The molecule has 0 saturated heterocycles. The van der Waals surface area contributed by atoms with Crippen LogP contribution in [-0.2, 0) is 6.54 Å². The standard InChI is InChI=1S/C31H24ClFN2O3/c1-19(21-5-7-23(8-6-21)31(37)38)34-30(36)28-17-25(22-9-11-27(33)12-10-22)16-24-13-14-35(29(24)28)18-20-3-2-4-26(32)15-20/h2-17,19H,18H2,1H3,(H,34,36)(H,37,38)/t19-/m0/s1. The van der Waals surface area contributed by atoms with Crippen LogP contribution in [0.4, 0.5) is 4.39 Å². The average Bonchev–Trinajstić information content (AvgIpc) is 3.31. The number of halogens is 2. The van der Waals surface area contributed by atoms with E-state index in [0.717, 1.165) is 33.2 Å². The number of carboxylic acid groups (broad SMARTS) is 1. The van der Waals surface area contributed by atoms with Crippen LogP contribution >= 0.6 is 11.6 Å². The Kier molecular flexibility index (Phi) is 6.99. The van der Waals surface area contributed by atoms with Crippen LogP contribution in [0.25, 0.3) is 22.0 Å². The van der Waals surface area contributed by atoms with E-state index in [4.69, 9.17) is 11.6 Å². The summed E-state index contributed by atoms with van der Waals surface area (Å²) < 4.78 is 15.6. The van der Waals surface area contributed by atoms with Crippen molar-refractivity contribution < 1.29 is 19.1 Å². The van der Waals surface area contributed by atoms with E-state index in [1.807, 2.05) is 60.2 Å². The predicted molar refractivity (Wildman–Crippen MR) is 147 cm³/mol. The first-order chi connectivity index (χ1) is 18.3. The number of fused-ring (bicyclic) bond motifs is 1. The van der Waals surface area contributed by atoms with Gasteiger partial charge >= 0.3 is 5.97 Å². The number of rotatable bonds is 7. The Morgan fingerprint density at radius 1 is 0.947 bits per heavy atom. The van der Waals surface area contributed by atoms with Crippen LogP contribution in [-0.4, -0.2) is 21.6 Å². The summed E-state index contributed by atoms with van der Waals surface area (Å²) in [5.74, 6) is -1.61. The van der Waals surface area contributed by atoms with Gasteiger partial charge in [-0.3, -0.25) is 4.79 Å². The molecular weight excluding hydrogens is 503 g/mol. The molecule has 0 unspecified atom stereocenters. The van der Waals surface area contributed by atoms with Gasteiger partial charge < -0.3 is 15.0 Å². The molecule has 1 heterocycles. The molecule has 0 bridgehead atoms. The molecule has 1 aromatic heterocycles. The molecule has 1 amide bonds. The lowest BCUT2D eigenvalue weighted by atomic mass is 9.99. The first kappa shape index (κ1) is 25.2. The van der Waals surface area contributed by atoms with E-state index in [1.54, 1.807) is 24.3 Å². The van der Waals surface area contributed by atoms with Gasteiger partial charge in [-0.1, -0.05) is 48.0 Å². The van der Waals surface area contributed by atoms with Crippen LogP contribution in [0.3, 0.4) is 0 Å². The fraction of sp³-hybridized carbons (Fsp3) is 0.0968. The third-order valence-electron chi connectivity index (χ3n) is 6.53. The van der Waals surface area contributed by atoms with E-state index in [9.17, 15) is 19.1 Å². The molecule has 0 fully saturated rings. The summed E-state index contributed by atoms with van der Waals surface area (Å²) in [6, 6.07) is 25.6. The summed E-state index contributed by atoms with van der Waals surface area (Å²) >= 11 is 6.19. The summed E-state index contributed by atoms with van der Waals surface area (Å²) in [6.07, 6.45) is 1.94. The Hall–Kier alpha value is -4.42. The van der Waals surface area contributed by atoms with Crippen molar-refractivity contribution in [1.82, 2.24) is 9.88 Å². The highest BCUT2D eigenvalue weighted by molar-refractivity contribution is 6.30. The SMILES string of the molecule is C[C@H](NC(=O)c1cc(-c2ccc(F)cc2)cc2ccn(Cc3cccc(Cl)c3)c12)c1ccc(C(=O)O)cc1. The number of carbonyl (C=O) groups is 2. The number of aromatic nitrogens is 1. The summed E-state index contributed by atoms with van der Waals surface area (Å²) in [4.78, 5) is 24.9. The number of amides is 1. The number of nitrogens with one attached hydrogen (secondary N) is 1. The number of carboxylic acids is 1. The van der Waals surface area contributed by atoms with Crippen molar-refractivity contribution in [3.63, 3.8) is 0 Å². The fourth-order valence-electron chi connectivity index (χ4n) is 4.57. The van der Waals surface area contributed by atoms with Crippen molar-refractivity contribution in [2.45, 2.75) is 19.5 Å². The molecule has 0 aliphatic carbocycles. The smallest absolute Gasteiger partial charge is 0.335 e. The van der Waals surface area contributed by atoms with Gasteiger partial charge in [0.2, 0.25) is 0 Å². The van der Waals surface area contributed by atoms with Crippen molar-refractivity contribution in [2.75, 3.05) is 0 Å². The van der Waals surface area contributed by atoms with E-state index in [1.165, 1.54) is 24.3 Å². The molecule has 0 saturated carbocycles. The Morgan fingerprint density at radius 3 is 2.37 bits per heavy atom. The minimum Gasteiger partial charge on any atom is -0.478 e. The molecule has 0 spiro atoms. The maximum absolute atomic E-state index is 13.7. The van der Waals surface area contributed by atoms with Crippen molar-refractivity contribution in [3.05, 3.63) is 130 Å². The Balaban J connectivity index is 1.55. The lowest BCUT2D eigenvalue weighted by Gasteiger charge is -2.17. The Bertz CT molecular complexity index is 1640. The third kappa shape index (κ3) is 5.31. The second kappa shape index (κ2) is 10.5. The summed E-state index contributed by atoms with van der Waals surface area (Å²) in [6.45, 7) is 2.37. The minimum atomic E-state index is -1.01. The summed E-state index contributed by atoms with van der Waals surface area (Å²) in [7, 11) is 0. The van der Waals surface area contributed by atoms with Crippen molar-refractivity contribution in [1.29, 1.82) is 0 Å². The first-order valence-corrected chi connectivity index (χ1v) is 12.4. The number of nitrogens with zero attached hydrogens (tertiary/aromatic N) is 1. The zero-order valence-electron chi connectivity index (χ0n) is 20.5. The normalized spacial score (nSPS) is 11.9. The Morgan fingerprint density at radius 2 is 1.68 bits per heavy atom. The number of hydrogen-bond acceptors (Lipinski definition) is 2. The molecule has 2 N–H and O–H groups in total. The molecular formula is C31H24ClFN2O3. The highest BCUT2D eigenvalue weighted by Crippen LogP contribution is 2.30.